The molecule has 0 atom stereocenters. The van der Waals surface area contributed by atoms with Gasteiger partial charge in [-0.25, -0.2) is 0 Å². The highest BCUT2D eigenvalue weighted by atomic mass is 15.3. The number of hydrogen-bond acceptors (Lipinski definition) is 2. The zero-order valence-corrected chi connectivity index (χ0v) is 8.96. The van der Waals surface area contributed by atoms with Gasteiger partial charge in [-0.2, -0.15) is 5.10 Å². The Balaban J connectivity index is 3.07. The molecule has 74 valence electrons. The van der Waals surface area contributed by atoms with E-state index in [0.29, 0.717) is 5.92 Å². The van der Waals surface area contributed by atoms with E-state index in [1.165, 1.54) is 5.69 Å². The first-order valence-corrected chi connectivity index (χ1v) is 4.89. The maximum Gasteiger partial charge on any atom is 0.0882 e. The van der Waals surface area contributed by atoms with Gasteiger partial charge in [0, 0.05) is 7.05 Å². The summed E-state index contributed by atoms with van der Waals surface area (Å²) in [6.45, 7) is 6.39. The summed E-state index contributed by atoms with van der Waals surface area (Å²) >= 11 is 0. The van der Waals surface area contributed by atoms with E-state index in [4.69, 9.17) is 5.73 Å². The van der Waals surface area contributed by atoms with Crippen LogP contribution in [0.4, 0.5) is 5.69 Å². The Morgan fingerprint density at radius 1 is 1.46 bits per heavy atom. The predicted molar refractivity (Wildman–Crippen MR) is 55.7 cm³/mol. The SMILES string of the molecule is CCCc1c(N)c(C(C)C)nn1C. The third-order valence-corrected chi connectivity index (χ3v) is 2.27. The molecule has 1 aromatic heterocycles. The van der Waals surface area contributed by atoms with Gasteiger partial charge in [-0.1, -0.05) is 27.2 Å². The zero-order valence-electron chi connectivity index (χ0n) is 8.96. The molecular weight excluding hydrogens is 162 g/mol. The summed E-state index contributed by atoms with van der Waals surface area (Å²) in [7, 11) is 1.97. The van der Waals surface area contributed by atoms with Crippen LogP contribution in [0.25, 0.3) is 0 Å². The molecule has 3 nitrogen and oxygen atoms in total. The molecule has 1 heterocycles. The van der Waals surface area contributed by atoms with Crippen molar-refractivity contribution in [1.82, 2.24) is 9.78 Å². The molecule has 0 amide bonds. The van der Waals surface area contributed by atoms with Gasteiger partial charge < -0.3 is 5.73 Å². The molecule has 0 aliphatic carbocycles. The van der Waals surface area contributed by atoms with Gasteiger partial charge in [0.15, 0.2) is 0 Å². The number of hydrogen-bond donors (Lipinski definition) is 1. The standard InChI is InChI=1S/C10H19N3/c1-5-6-8-9(11)10(7(2)3)12-13(8)4/h7H,5-6,11H2,1-4H3. The minimum Gasteiger partial charge on any atom is -0.396 e. The highest BCUT2D eigenvalue weighted by molar-refractivity contribution is 5.49. The van der Waals surface area contributed by atoms with Crippen LogP contribution in [-0.4, -0.2) is 9.78 Å². The van der Waals surface area contributed by atoms with Crippen molar-refractivity contribution in [3.63, 3.8) is 0 Å². The molecule has 0 aliphatic rings. The van der Waals surface area contributed by atoms with Crippen molar-refractivity contribution in [2.24, 2.45) is 7.05 Å². The lowest BCUT2D eigenvalue weighted by molar-refractivity contribution is 0.673. The van der Waals surface area contributed by atoms with E-state index in [-0.39, 0.29) is 0 Å². The highest BCUT2D eigenvalue weighted by Crippen LogP contribution is 2.24. The number of nitrogen functional groups attached to an aromatic ring is 1. The summed E-state index contributed by atoms with van der Waals surface area (Å²) < 4.78 is 1.91. The fourth-order valence-electron chi connectivity index (χ4n) is 1.56. The molecule has 0 unspecified atom stereocenters. The van der Waals surface area contributed by atoms with Crippen molar-refractivity contribution in [3.05, 3.63) is 11.4 Å². The molecule has 0 saturated carbocycles. The molecule has 13 heavy (non-hydrogen) atoms. The smallest absolute Gasteiger partial charge is 0.0882 e. The third kappa shape index (κ3) is 1.85. The highest BCUT2D eigenvalue weighted by Gasteiger charge is 2.14. The lowest BCUT2D eigenvalue weighted by Crippen LogP contribution is -1.99. The van der Waals surface area contributed by atoms with E-state index in [1.807, 2.05) is 11.7 Å². The minimum absolute atomic E-state index is 0.414. The molecule has 0 aromatic carbocycles. The van der Waals surface area contributed by atoms with Crippen LogP contribution in [0.15, 0.2) is 0 Å². The van der Waals surface area contributed by atoms with Crippen molar-refractivity contribution < 1.29 is 0 Å². The van der Waals surface area contributed by atoms with Gasteiger partial charge in [0.05, 0.1) is 17.1 Å². The second kappa shape index (κ2) is 3.81. The fourth-order valence-corrected chi connectivity index (χ4v) is 1.56. The molecule has 0 saturated heterocycles. The Hall–Kier alpha value is -0.990. The van der Waals surface area contributed by atoms with E-state index in [2.05, 4.69) is 25.9 Å². The number of aromatic nitrogens is 2. The van der Waals surface area contributed by atoms with Crippen LogP contribution in [0.1, 0.15) is 44.5 Å². The Labute approximate surface area is 79.9 Å². The van der Waals surface area contributed by atoms with Gasteiger partial charge in [-0.15, -0.1) is 0 Å². The number of nitrogens with zero attached hydrogens (tertiary/aromatic N) is 2. The Morgan fingerprint density at radius 2 is 2.08 bits per heavy atom. The van der Waals surface area contributed by atoms with E-state index < -0.39 is 0 Å². The maximum absolute atomic E-state index is 6.01. The van der Waals surface area contributed by atoms with Gasteiger partial charge in [-0.3, -0.25) is 4.68 Å². The van der Waals surface area contributed by atoms with Crippen LogP contribution in [-0.2, 0) is 13.5 Å². The minimum atomic E-state index is 0.414. The second-order valence-corrected chi connectivity index (χ2v) is 3.77. The molecule has 1 rings (SSSR count). The normalized spacial score (nSPS) is 11.2. The largest absolute Gasteiger partial charge is 0.396 e. The molecule has 2 N–H and O–H groups in total. The lowest BCUT2D eigenvalue weighted by atomic mass is 10.1. The molecule has 3 heteroatoms. The summed E-state index contributed by atoms with van der Waals surface area (Å²) in [6, 6.07) is 0. The third-order valence-electron chi connectivity index (χ3n) is 2.27. The van der Waals surface area contributed by atoms with Crippen LogP contribution < -0.4 is 5.73 Å². The molecule has 0 aliphatic heterocycles. The molecular formula is C10H19N3. The van der Waals surface area contributed by atoms with Crippen molar-refractivity contribution in [1.29, 1.82) is 0 Å². The quantitative estimate of drug-likeness (QED) is 0.775. The van der Waals surface area contributed by atoms with Crippen molar-refractivity contribution in [2.75, 3.05) is 5.73 Å². The van der Waals surface area contributed by atoms with E-state index in [1.54, 1.807) is 0 Å². The van der Waals surface area contributed by atoms with Crippen LogP contribution in [0, 0.1) is 0 Å². The molecule has 0 fully saturated rings. The first kappa shape index (κ1) is 10.1. The predicted octanol–water partition coefficient (Wildman–Crippen LogP) is 2.08. The van der Waals surface area contributed by atoms with E-state index in [0.717, 1.165) is 24.2 Å². The first-order chi connectivity index (χ1) is 6.07. The average molecular weight is 181 g/mol. The summed E-state index contributed by atoms with van der Waals surface area (Å²) in [5.41, 5.74) is 9.10. The Kier molecular flexibility index (Phi) is 2.96. The molecule has 1 aromatic rings. The van der Waals surface area contributed by atoms with Crippen molar-refractivity contribution in [3.8, 4) is 0 Å². The zero-order chi connectivity index (χ0) is 10.0. The summed E-state index contributed by atoms with van der Waals surface area (Å²) in [6.07, 6.45) is 2.13. The average Bonchev–Trinajstić information content (AvgIpc) is 2.32. The van der Waals surface area contributed by atoms with E-state index in [9.17, 15) is 0 Å². The molecule has 0 bridgehead atoms. The van der Waals surface area contributed by atoms with E-state index >= 15 is 0 Å². The lowest BCUT2D eigenvalue weighted by Gasteiger charge is -2.01. The maximum atomic E-state index is 6.01. The molecule has 0 radical (unpaired) electrons. The van der Waals surface area contributed by atoms with Gasteiger partial charge in [-0.05, 0) is 12.3 Å². The van der Waals surface area contributed by atoms with Gasteiger partial charge >= 0.3 is 0 Å². The number of anilines is 1. The van der Waals surface area contributed by atoms with Gasteiger partial charge in [0.25, 0.3) is 0 Å². The number of nitrogens with two attached hydrogens (primary N) is 1. The molecule has 0 spiro atoms. The fraction of sp³-hybridized carbons (Fsp3) is 0.700. The van der Waals surface area contributed by atoms with Gasteiger partial charge in [0.1, 0.15) is 0 Å². The summed E-state index contributed by atoms with van der Waals surface area (Å²) in [5.74, 6) is 0.414. The van der Waals surface area contributed by atoms with Crippen LogP contribution >= 0.6 is 0 Å². The van der Waals surface area contributed by atoms with Crippen LogP contribution in [0.5, 0.6) is 0 Å². The Morgan fingerprint density at radius 3 is 2.46 bits per heavy atom. The Bertz CT molecular complexity index is 287. The topological polar surface area (TPSA) is 43.8 Å². The van der Waals surface area contributed by atoms with Crippen LogP contribution in [0.2, 0.25) is 0 Å². The monoisotopic (exact) mass is 181 g/mol. The van der Waals surface area contributed by atoms with Crippen molar-refractivity contribution >= 4 is 5.69 Å². The second-order valence-electron chi connectivity index (χ2n) is 3.77. The van der Waals surface area contributed by atoms with Crippen molar-refractivity contribution in [2.45, 2.75) is 39.5 Å². The van der Waals surface area contributed by atoms with Gasteiger partial charge in [0.2, 0.25) is 0 Å². The first-order valence-electron chi connectivity index (χ1n) is 4.89. The number of aryl methyl sites for hydroxylation is 1. The summed E-state index contributed by atoms with van der Waals surface area (Å²) in [5, 5.41) is 4.42. The summed E-state index contributed by atoms with van der Waals surface area (Å²) in [4.78, 5) is 0. The number of rotatable bonds is 3. The van der Waals surface area contributed by atoms with Crippen LogP contribution in [0.3, 0.4) is 0 Å².